The van der Waals surface area contributed by atoms with Gasteiger partial charge in [0, 0.05) is 5.92 Å². The van der Waals surface area contributed by atoms with E-state index in [2.05, 4.69) is 6.58 Å². The number of aliphatic carboxylic acids is 1. The molecule has 0 bridgehead atoms. The molecule has 0 amide bonds. The number of benzene rings is 1. The molecule has 1 aliphatic carbocycles. The van der Waals surface area contributed by atoms with E-state index in [0.717, 1.165) is 5.56 Å². The smallest absolute Gasteiger partial charge is 0.314 e. The lowest BCUT2D eigenvalue weighted by atomic mass is 9.99. The van der Waals surface area contributed by atoms with Gasteiger partial charge < -0.3 is 5.11 Å². The van der Waals surface area contributed by atoms with Gasteiger partial charge in [0.25, 0.3) is 0 Å². The fraction of sp³-hybridized carbons (Fsp3) is 0.250. The van der Waals surface area contributed by atoms with Gasteiger partial charge in [-0.1, -0.05) is 36.4 Å². The molecular formula is C12H12O2. The average Bonchev–Trinajstić information content (AvgIpc) is 2.95. The van der Waals surface area contributed by atoms with Crippen LogP contribution in [0.5, 0.6) is 0 Å². The Balaban J connectivity index is 2.27. The summed E-state index contributed by atoms with van der Waals surface area (Å²) in [5.41, 5.74) is 0.385. The summed E-state index contributed by atoms with van der Waals surface area (Å²) >= 11 is 0. The number of carboxylic acid groups (broad SMARTS) is 1. The van der Waals surface area contributed by atoms with Crippen molar-refractivity contribution in [1.29, 1.82) is 0 Å². The molecule has 0 heterocycles. The third kappa shape index (κ3) is 1.15. The summed E-state index contributed by atoms with van der Waals surface area (Å²) < 4.78 is 0. The minimum Gasteiger partial charge on any atom is -0.481 e. The van der Waals surface area contributed by atoms with E-state index in [1.807, 2.05) is 30.3 Å². The SMILES string of the molecule is C=CC1(C(=O)O)CC1c1ccccc1. The Morgan fingerprint density at radius 3 is 2.57 bits per heavy atom. The third-order valence-electron chi connectivity index (χ3n) is 2.97. The zero-order chi connectivity index (χ0) is 10.2. The highest BCUT2D eigenvalue weighted by Crippen LogP contribution is 2.60. The minimum atomic E-state index is -0.763. The average molecular weight is 188 g/mol. The Labute approximate surface area is 82.9 Å². The molecule has 1 saturated carbocycles. The second-order valence-corrected chi connectivity index (χ2v) is 3.72. The maximum absolute atomic E-state index is 11.0. The number of hydrogen-bond donors (Lipinski definition) is 1. The van der Waals surface area contributed by atoms with Crippen molar-refractivity contribution in [3.63, 3.8) is 0 Å². The van der Waals surface area contributed by atoms with Crippen LogP contribution in [-0.2, 0) is 4.79 Å². The molecular weight excluding hydrogens is 176 g/mol. The van der Waals surface area contributed by atoms with Crippen LogP contribution in [0.2, 0.25) is 0 Å². The quantitative estimate of drug-likeness (QED) is 0.740. The van der Waals surface area contributed by atoms with Gasteiger partial charge >= 0.3 is 5.97 Å². The van der Waals surface area contributed by atoms with E-state index >= 15 is 0 Å². The van der Waals surface area contributed by atoms with Crippen molar-refractivity contribution in [3.8, 4) is 0 Å². The number of hydrogen-bond acceptors (Lipinski definition) is 1. The first kappa shape index (κ1) is 9.00. The highest BCUT2D eigenvalue weighted by Gasteiger charge is 2.58. The topological polar surface area (TPSA) is 37.3 Å². The van der Waals surface area contributed by atoms with Gasteiger partial charge in [0.15, 0.2) is 0 Å². The first-order valence-electron chi connectivity index (χ1n) is 4.62. The van der Waals surface area contributed by atoms with Gasteiger partial charge in [0.05, 0.1) is 5.41 Å². The Morgan fingerprint density at radius 2 is 2.14 bits per heavy atom. The molecule has 2 atom stereocenters. The van der Waals surface area contributed by atoms with E-state index in [1.54, 1.807) is 6.08 Å². The molecule has 1 aromatic rings. The van der Waals surface area contributed by atoms with Crippen LogP contribution in [0.3, 0.4) is 0 Å². The van der Waals surface area contributed by atoms with Crippen molar-refractivity contribution >= 4 is 5.97 Å². The van der Waals surface area contributed by atoms with Crippen LogP contribution < -0.4 is 0 Å². The summed E-state index contributed by atoms with van der Waals surface area (Å²) in [6.07, 6.45) is 2.24. The van der Waals surface area contributed by atoms with Crippen molar-refractivity contribution in [3.05, 3.63) is 48.6 Å². The fourth-order valence-electron chi connectivity index (χ4n) is 1.93. The minimum absolute atomic E-state index is 0.110. The summed E-state index contributed by atoms with van der Waals surface area (Å²) in [5.74, 6) is -0.653. The zero-order valence-corrected chi connectivity index (χ0v) is 7.81. The van der Waals surface area contributed by atoms with Crippen LogP contribution in [0, 0.1) is 5.41 Å². The third-order valence-corrected chi connectivity index (χ3v) is 2.97. The molecule has 0 aromatic heterocycles. The molecule has 2 unspecified atom stereocenters. The maximum Gasteiger partial charge on any atom is 0.314 e. The molecule has 14 heavy (non-hydrogen) atoms. The summed E-state index contributed by atoms with van der Waals surface area (Å²) in [4.78, 5) is 11.0. The fourth-order valence-corrected chi connectivity index (χ4v) is 1.93. The molecule has 2 nitrogen and oxygen atoms in total. The second kappa shape index (κ2) is 2.98. The molecule has 0 aliphatic heterocycles. The van der Waals surface area contributed by atoms with Crippen LogP contribution in [-0.4, -0.2) is 11.1 Å². The van der Waals surface area contributed by atoms with Gasteiger partial charge in [-0.05, 0) is 12.0 Å². The summed E-state index contributed by atoms with van der Waals surface area (Å²) in [6.45, 7) is 3.61. The van der Waals surface area contributed by atoms with Crippen LogP contribution in [0.25, 0.3) is 0 Å². The molecule has 72 valence electrons. The van der Waals surface area contributed by atoms with E-state index in [-0.39, 0.29) is 5.92 Å². The number of carbonyl (C=O) groups is 1. The molecule has 1 aromatic carbocycles. The van der Waals surface area contributed by atoms with Gasteiger partial charge in [-0.25, -0.2) is 0 Å². The van der Waals surface area contributed by atoms with Gasteiger partial charge in [0.2, 0.25) is 0 Å². The molecule has 0 radical (unpaired) electrons. The van der Waals surface area contributed by atoms with Gasteiger partial charge in [-0.2, -0.15) is 0 Å². The Morgan fingerprint density at radius 1 is 1.50 bits per heavy atom. The highest BCUT2D eigenvalue weighted by atomic mass is 16.4. The van der Waals surface area contributed by atoms with Crippen LogP contribution in [0.15, 0.2) is 43.0 Å². The Bertz CT molecular complexity index is 369. The number of rotatable bonds is 3. The molecule has 0 spiro atoms. The van der Waals surface area contributed by atoms with E-state index in [0.29, 0.717) is 6.42 Å². The van der Waals surface area contributed by atoms with Crippen LogP contribution in [0.4, 0.5) is 0 Å². The molecule has 1 N–H and O–H groups in total. The molecule has 2 rings (SSSR count). The van der Waals surface area contributed by atoms with Gasteiger partial charge in [-0.15, -0.1) is 6.58 Å². The Hall–Kier alpha value is -1.57. The summed E-state index contributed by atoms with van der Waals surface area (Å²) in [5, 5.41) is 9.06. The van der Waals surface area contributed by atoms with Gasteiger partial charge in [-0.3, -0.25) is 4.79 Å². The van der Waals surface area contributed by atoms with Crippen molar-refractivity contribution in [2.45, 2.75) is 12.3 Å². The van der Waals surface area contributed by atoms with Crippen molar-refractivity contribution in [2.75, 3.05) is 0 Å². The van der Waals surface area contributed by atoms with E-state index in [9.17, 15) is 4.79 Å². The normalized spacial score (nSPS) is 29.6. The lowest BCUT2D eigenvalue weighted by Crippen LogP contribution is -2.13. The molecule has 1 fully saturated rings. The van der Waals surface area contributed by atoms with Crippen molar-refractivity contribution in [2.24, 2.45) is 5.41 Å². The molecule has 1 aliphatic rings. The molecule has 2 heteroatoms. The Kier molecular flexibility index (Phi) is 1.92. The lowest BCUT2D eigenvalue weighted by molar-refractivity contribution is -0.141. The predicted octanol–water partition coefficient (Wildman–Crippen LogP) is 2.43. The second-order valence-electron chi connectivity index (χ2n) is 3.72. The first-order chi connectivity index (χ1) is 6.70. The highest BCUT2D eigenvalue weighted by molar-refractivity contribution is 5.83. The van der Waals surface area contributed by atoms with Crippen molar-refractivity contribution in [1.82, 2.24) is 0 Å². The zero-order valence-electron chi connectivity index (χ0n) is 7.81. The van der Waals surface area contributed by atoms with E-state index in [1.165, 1.54) is 0 Å². The van der Waals surface area contributed by atoms with Crippen LogP contribution in [0.1, 0.15) is 17.9 Å². The summed E-state index contributed by atoms with van der Waals surface area (Å²) in [6, 6.07) is 9.74. The largest absolute Gasteiger partial charge is 0.481 e. The van der Waals surface area contributed by atoms with Crippen LogP contribution >= 0.6 is 0 Å². The number of carboxylic acids is 1. The van der Waals surface area contributed by atoms with E-state index < -0.39 is 11.4 Å². The van der Waals surface area contributed by atoms with Gasteiger partial charge in [0.1, 0.15) is 0 Å². The first-order valence-corrected chi connectivity index (χ1v) is 4.62. The monoisotopic (exact) mass is 188 g/mol. The van der Waals surface area contributed by atoms with Crippen molar-refractivity contribution < 1.29 is 9.90 Å². The standard InChI is InChI=1S/C12H12O2/c1-2-12(11(13)14)8-10(12)9-6-4-3-5-7-9/h2-7,10H,1,8H2,(H,13,14). The summed E-state index contributed by atoms with van der Waals surface area (Å²) in [7, 11) is 0. The predicted molar refractivity (Wildman–Crippen MR) is 54.1 cm³/mol. The van der Waals surface area contributed by atoms with E-state index in [4.69, 9.17) is 5.11 Å². The maximum atomic E-state index is 11.0. The molecule has 0 saturated heterocycles. The lowest BCUT2D eigenvalue weighted by Gasteiger charge is -2.05.